The fraction of sp³-hybridized carbons (Fsp3) is 0.706. The van der Waals surface area contributed by atoms with Crippen LogP contribution in [-0.2, 0) is 14.6 Å². The number of hydrogen-bond acceptors (Lipinski definition) is 6. The summed E-state index contributed by atoms with van der Waals surface area (Å²) in [5.41, 5.74) is 2.90. The molecule has 1 aliphatic rings. The van der Waals surface area contributed by atoms with Gasteiger partial charge in [0.1, 0.15) is 0 Å². The Hall–Kier alpha value is -1.15. The van der Waals surface area contributed by atoms with E-state index in [0.717, 1.165) is 17.0 Å². The molecule has 2 heterocycles. The van der Waals surface area contributed by atoms with Crippen molar-refractivity contribution in [1.29, 1.82) is 0 Å². The van der Waals surface area contributed by atoms with Gasteiger partial charge in [-0.05, 0) is 38.7 Å². The molecule has 1 amide bonds. The Balaban J connectivity index is 2.07. The van der Waals surface area contributed by atoms with Gasteiger partial charge in [-0.25, -0.2) is 18.4 Å². The Kier molecular flexibility index (Phi) is 6.48. The molecule has 0 aliphatic carbocycles. The summed E-state index contributed by atoms with van der Waals surface area (Å²) in [6.45, 7) is 10.5. The molecule has 2 rings (SSSR count). The molecule has 1 fully saturated rings. The van der Waals surface area contributed by atoms with E-state index >= 15 is 0 Å². The molecule has 0 aromatic carbocycles. The van der Waals surface area contributed by atoms with Crippen LogP contribution in [0, 0.1) is 26.7 Å². The molecule has 140 valence electrons. The monoisotopic (exact) mass is 385 g/mol. The van der Waals surface area contributed by atoms with Crippen LogP contribution in [0.3, 0.4) is 0 Å². The Labute approximate surface area is 154 Å². The predicted octanol–water partition coefficient (Wildman–Crippen LogP) is 2.17. The van der Waals surface area contributed by atoms with Gasteiger partial charge in [0.25, 0.3) is 0 Å². The molecule has 0 unspecified atom stereocenters. The second-order valence-electron chi connectivity index (χ2n) is 7.09. The molecular weight excluding hydrogens is 358 g/mol. The summed E-state index contributed by atoms with van der Waals surface area (Å²) in [5.74, 6) is 0.727. The highest BCUT2D eigenvalue weighted by molar-refractivity contribution is 7.99. The highest BCUT2D eigenvalue weighted by Gasteiger charge is 2.34. The average molecular weight is 386 g/mol. The summed E-state index contributed by atoms with van der Waals surface area (Å²) in [4.78, 5) is 23.4. The van der Waals surface area contributed by atoms with Crippen LogP contribution < -0.4 is 0 Å². The van der Waals surface area contributed by atoms with Crippen molar-refractivity contribution in [3.05, 3.63) is 17.0 Å². The molecular formula is C17H27N3O3S2. The number of aryl methyl sites for hydroxylation is 2. The number of thioether (sulfide) groups is 1. The Morgan fingerprint density at radius 3 is 2.32 bits per heavy atom. The first-order valence-electron chi connectivity index (χ1n) is 8.53. The lowest BCUT2D eigenvalue weighted by atomic mass is 10.1. The SMILES string of the molecule is Cc1nc(SCC(=O)N(CC(C)C)[C@@H]2CCS(=O)(=O)C2)nc(C)c1C. The van der Waals surface area contributed by atoms with Crippen LogP contribution in [0.15, 0.2) is 5.16 Å². The first-order chi connectivity index (χ1) is 11.6. The zero-order valence-corrected chi connectivity index (χ0v) is 17.2. The van der Waals surface area contributed by atoms with E-state index in [9.17, 15) is 13.2 Å². The normalized spacial score (nSPS) is 19.4. The van der Waals surface area contributed by atoms with Gasteiger partial charge >= 0.3 is 0 Å². The van der Waals surface area contributed by atoms with E-state index in [1.54, 1.807) is 4.90 Å². The zero-order valence-electron chi connectivity index (χ0n) is 15.6. The minimum Gasteiger partial charge on any atom is -0.338 e. The van der Waals surface area contributed by atoms with Gasteiger partial charge in [-0.2, -0.15) is 0 Å². The largest absolute Gasteiger partial charge is 0.338 e. The van der Waals surface area contributed by atoms with Gasteiger partial charge in [0.15, 0.2) is 15.0 Å². The Morgan fingerprint density at radius 1 is 1.24 bits per heavy atom. The van der Waals surface area contributed by atoms with E-state index in [1.165, 1.54) is 11.8 Å². The van der Waals surface area contributed by atoms with Gasteiger partial charge < -0.3 is 4.90 Å². The van der Waals surface area contributed by atoms with E-state index < -0.39 is 9.84 Å². The van der Waals surface area contributed by atoms with Gasteiger partial charge in [0, 0.05) is 24.0 Å². The molecule has 1 saturated heterocycles. The lowest BCUT2D eigenvalue weighted by Crippen LogP contribution is -2.44. The van der Waals surface area contributed by atoms with E-state index in [4.69, 9.17) is 0 Å². The lowest BCUT2D eigenvalue weighted by molar-refractivity contribution is -0.130. The first-order valence-corrected chi connectivity index (χ1v) is 11.3. The molecule has 1 aromatic rings. The Bertz CT molecular complexity index is 725. The molecule has 25 heavy (non-hydrogen) atoms. The van der Waals surface area contributed by atoms with Crippen molar-refractivity contribution < 1.29 is 13.2 Å². The maximum atomic E-state index is 12.7. The number of carbonyl (C=O) groups is 1. The molecule has 0 radical (unpaired) electrons. The van der Waals surface area contributed by atoms with Gasteiger partial charge in [-0.15, -0.1) is 0 Å². The van der Waals surface area contributed by atoms with Crippen LogP contribution in [0.5, 0.6) is 0 Å². The standard InChI is InChI=1S/C17H27N3O3S2/c1-11(2)8-20(15-6-7-25(22,23)10-15)16(21)9-24-17-18-13(4)12(3)14(5)19-17/h11,15H,6-10H2,1-5H3/t15-/m1/s1. The minimum absolute atomic E-state index is 0.0414. The van der Waals surface area contributed by atoms with Gasteiger partial charge in [-0.1, -0.05) is 25.6 Å². The van der Waals surface area contributed by atoms with E-state index in [2.05, 4.69) is 9.97 Å². The van der Waals surface area contributed by atoms with E-state index in [1.807, 2.05) is 34.6 Å². The van der Waals surface area contributed by atoms with Crippen molar-refractivity contribution in [3.8, 4) is 0 Å². The van der Waals surface area contributed by atoms with Crippen LogP contribution in [0.1, 0.15) is 37.2 Å². The van der Waals surface area contributed by atoms with Crippen LogP contribution in [-0.4, -0.2) is 59.0 Å². The van der Waals surface area contributed by atoms with Crippen LogP contribution in [0.2, 0.25) is 0 Å². The first kappa shape index (κ1) is 20.2. The fourth-order valence-electron chi connectivity index (χ4n) is 2.88. The van der Waals surface area contributed by atoms with Crippen molar-refractivity contribution in [2.24, 2.45) is 5.92 Å². The molecule has 0 bridgehead atoms. The Morgan fingerprint density at radius 2 is 1.84 bits per heavy atom. The second kappa shape index (κ2) is 8.03. The minimum atomic E-state index is -3.02. The second-order valence-corrected chi connectivity index (χ2v) is 10.3. The number of amides is 1. The lowest BCUT2D eigenvalue weighted by Gasteiger charge is -2.29. The molecule has 0 saturated carbocycles. The smallest absolute Gasteiger partial charge is 0.233 e. The number of sulfone groups is 1. The van der Waals surface area contributed by atoms with Gasteiger partial charge in [0.05, 0.1) is 17.3 Å². The highest BCUT2D eigenvalue weighted by Crippen LogP contribution is 2.22. The maximum absolute atomic E-state index is 12.7. The van der Waals surface area contributed by atoms with Gasteiger partial charge in [-0.3, -0.25) is 4.79 Å². The van der Waals surface area contributed by atoms with Crippen LogP contribution >= 0.6 is 11.8 Å². The van der Waals surface area contributed by atoms with Crippen molar-refractivity contribution in [1.82, 2.24) is 14.9 Å². The van der Waals surface area contributed by atoms with Crippen molar-refractivity contribution in [3.63, 3.8) is 0 Å². The highest BCUT2D eigenvalue weighted by atomic mass is 32.2. The fourth-order valence-corrected chi connectivity index (χ4v) is 5.44. The predicted molar refractivity (Wildman–Crippen MR) is 101 cm³/mol. The molecule has 6 nitrogen and oxygen atoms in total. The molecule has 1 aliphatic heterocycles. The average Bonchev–Trinajstić information content (AvgIpc) is 2.87. The van der Waals surface area contributed by atoms with Crippen LogP contribution in [0.25, 0.3) is 0 Å². The number of rotatable bonds is 6. The van der Waals surface area contributed by atoms with Crippen LogP contribution in [0.4, 0.5) is 0 Å². The molecule has 1 atom stereocenters. The maximum Gasteiger partial charge on any atom is 0.233 e. The summed E-state index contributed by atoms with van der Waals surface area (Å²) >= 11 is 1.32. The summed E-state index contributed by atoms with van der Waals surface area (Å²) < 4.78 is 23.6. The third kappa shape index (κ3) is 5.41. The summed E-state index contributed by atoms with van der Waals surface area (Å²) in [7, 11) is -3.02. The van der Waals surface area contributed by atoms with Crippen molar-refractivity contribution in [2.75, 3.05) is 23.8 Å². The third-order valence-electron chi connectivity index (χ3n) is 4.47. The quantitative estimate of drug-likeness (QED) is 0.551. The van der Waals surface area contributed by atoms with Crippen molar-refractivity contribution in [2.45, 2.75) is 52.2 Å². The third-order valence-corrected chi connectivity index (χ3v) is 7.05. The summed E-state index contributed by atoms with van der Waals surface area (Å²) in [5, 5.41) is 0.595. The van der Waals surface area contributed by atoms with Crippen molar-refractivity contribution >= 4 is 27.5 Å². The number of carbonyl (C=O) groups excluding carboxylic acids is 1. The van der Waals surface area contributed by atoms with E-state index in [-0.39, 0.29) is 35.1 Å². The topological polar surface area (TPSA) is 80.2 Å². The summed E-state index contributed by atoms with van der Waals surface area (Å²) in [6.07, 6.45) is 0.532. The number of aromatic nitrogens is 2. The summed E-state index contributed by atoms with van der Waals surface area (Å²) in [6, 6.07) is -0.206. The molecule has 1 aromatic heterocycles. The van der Waals surface area contributed by atoms with Gasteiger partial charge in [0.2, 0.25) is 5.91 Å². The number of nitrogens with zero attached hydrogens (tertiary/aromatic N) is 3. The molecule has 0 spiro atoms. The number of hydrogen-bond donors (Lipinski definition) is 0. The molecule has 8 heteroatoms. The van der Waals surface area contributed by atoms with E-state index in [0.29, 0.717) is 18.1 Å². The zero-order chi connectivity index (χ0) is 18.8. The molecule has 0 N–H and O–H groups in total.